The Kier molecular flexibility index (Phi) is 5.93. The summed E-state index contributed by atoms with van der Waals surface area (Å²) in [5, 5.41) is 13.4. The van der Waals surface area contributed by atoms with Crippen molar-refractivity contribution in [3.63, 3.8) is 0 Å². The number of piperazine rings is 1. The molecular weight excluding hydrogens is 395 g/mol. The Morgan fingerprint density at radius 3 is 2.64 bits per heavy atom. The topological polar surface area (TPSA) is 68.2 Å². The van der Waals surface area contributed by atoms with Crippen molar-refractivity contribution in [3.8, 4) is 0 Å². The molecule has 0 aromatic rings. The first-order valence-corrected chi connectivity index (χ1v) is 8.16. The second kappa shape index (κ2) is 7.33. The van der Waals surface area contributed by atoms with Crippen molar-refractivity contribution in [1.82, 2.24) is 15.1 Å². The summed E-state index contributed by atoms with van der Waals surface area (Å²) >= 11 is 0. The van der Waals surface area contributed by atoms with E-state index in [2.05, 4.69) is 10.3 Å². The van der Waals surface area contributed by atoms with E-state index in [1.807, 2.05) is 16.7 Å². The number of aliphatic hydroxyl groups is 1. The van der Waals surface area contributed by atoms with E-state index in [1.54, 1.807) is 0 Å². The van der Waals surface area contributed by atoms with Gasteiger partial charge in [0.15, 0.2) is 5.96 Å². The van der Waals surface area contributed by atoms with Crippen LogP contribution in [0.25, 0.3) is 0 Å². The Labute approximate surface area is 149 Å². The lowest BCUT2D eigenvalue weighted by Crippen LogP contribution is -2.56. The third-order valence-corrected chi connectivity index (χ3v) is 4.69. The van der Waals surface area contributed by atoms with Crippen molar-refractivity contribution in [2.45, 2.75) is 50.7 Å². The Bertz CT molecular complexity index is 435. The van der Waals surface area contributed by atoms with Crippen molar-refractivity contribution >= 4 is 35.8 Å². The lowest BCUT2D eigenvalue weighted by molar-refractivity contribution is -0.135. The van der Waals surface area contributed by atoms with Gasteiger partial charge in [-0.1, -0.05) is 0 Å². The molecule has 0 radical (unpaired) electrons. The maximum absolute atomic E-state index is 12.2. The van der Waals surface area contributed by atoms with Crippen LogP contribution in [0, 0.1) is 0 Å². The summed E-state index contributed by atoms with van der Waals surface area (Å²) in [6.07, 6.45) is 5.08. The van der Waals surface area contributed by atoms with Gasteiger partial charge in [-0.15, -0.1) is 24.0 Å². The molecule has 7 heteroatoms. The average molecular weight is 422 g/mol. The van der Waals surface area contributed by atoms with Crippen LogP contribution in [0.5, 0.6) is 0 Å². The average Bonchev–Trinajstić information content (AvgIpc) is 3.25. The van der Waals surface area contributed by atoms with Gasteiger partial charge in [0.05, 0.1) is 18.7 Å². The number of amides is 1. The normalized spacial score (nSPS) is 24.6. The Balaban J connectivity index is 0.00000176. The van der Waals surface area contributed by atoms with Crippen LogP contribution in [0.2, 0.25) is 0 Å². The van der Waals surface area contributed by atoms with Crippen molar-refractivity contribution in [2.24, 2.45) is 4.99 Å². The first-order valence-electron chi connectivity index (χ1n) is 8.16. The van der Waals surface area contributed by atoms with Gasteiger partial charge in [-0.3, -0.25) is 9.79 Å². The minimum Gasteiger partial charge on any atom is -0.388 e. The van der Waals surface area contributed by atoms with Gasteiger partial charge in [-0.25, -0.2) is 0 Å². The number of nitrogens with one attached hydrogen (secondary N) is 1. The zero-order valence-electron chi connectivity index (χ0n) is 13.3. The number of carbonyl (C=O) groups excluding carboxylic acids is 1. The van der Waals surface area contributed by atoms with Crippen LogP contribution in [-0.4, -0.2) is 71.1 Å². The minimum atomic E-state index is -0.611. The first-order chi connectivity index (χ1) is 10.1. The molecule has 3 rings (SSSR count). The summed E-state index contributed by atoms with van der Waals surface area (Å²) in [5.41, 5.74) is -0.611. The number of hydrogen-bond donors (Lipinski definition) is 2. The highest BCUT2D eigenvalue weighted by molar-refractivity contribution is 14.0. The van der Waals surface area contributed by atoms with Gasteiger partial charge in [0.2, 0.25) is 5.91 Å². The van der Waals surface area contributed by atoms with Gasteiger partial charge >= 0.3 is 0 Å². The minimum absolute atomic E-state index is 0. The predicted octanol–water partition coefficient (Wildman–Crippen LogP) is 0.791. The van der Waals surface area contributed by atoms with Crippen LogP contribution in [0.3, 0.4) is 0 Å². The van der Waals surface area contributed by atoms with Crippen LogP contribution in [0.15, 0.2) is 4.99 Å². The van der Waals surface area contributed by atoms with E-state index in [0.29, 0.717) is 19.1 Å². The summed E-state index contributed by atoms with van der Waals surface area (Å²) in [4.78, 5) is 20.8. The summed E-state index contributed by atoms with van der Waals surface area (Å²) in [6, 6.07) is 0.495. The van der Waals surface area contributed by atoms with Gasteiger partial charge in [0.25, 0.3) is 0 Å². The second-order valence-electron chi connectivity index (χ2n) is 6.49. The quantitative estimate of drug-likeness (QED) is 0.400. The smallest absolute Gasteiger partial charge is 0.242 e. The molecule has 3 aliphatic rings. The summed E-state index contributed by atoms with van der Waals surface area (Å²) in [7, 11) is 0. The number of halogens is 1. The molecule has 2 N–H and O–H groups in total. The van der Waals surface area contributed by atoms with Crippen molar-refractivity contribution in [1.29, 1.82) is 0 Å². The maximum Gasteiger partial charge on any atom is 0.242 e. The number of aliphatic imine (C=N–C) groups is 1. The largest absolute Gasteiger partial charge is 0.388 e. The van der Waals surface area contributed by atoms with Crippen LogP contribution in [0.4, 0.5) is 0 Å². The van der Waals surface area contributed by atoms with Gasteiger partial charge in [-0.2, -0.15) is 0 Å². The lowest BCUT2D eigenvalue weighted by Gasteiger charge is -2.38. The van der Waals surface area contributed by atoms with Crippen molar-refractivity contribution in [3.05, 3.63) is 0 Å². The third kappa shape index (κ3) is 4.04. The predicted molar refractivity (Wildman–Crippen MR) is 96.5 cm³/mol. The Morgan fingerprint density at radius 1 is 1.41 bits per heavy atom. The molecule has 126 valence electrons. The summed E-state index contributed by atoms with van der Waals surface area (Å²) in [6.45, 7) is 5.25. The van der Waals surface area contributed by atoms with Gasteiger partial charge < -0.3 is 20.2 Å². The number of hydrogen-bond acceptors (Lipinski definition) is 3. The molecule has 6 nitrogen and oxygen atoms in total. The standard InChI is InChI=1S/C15H26N4O2.HI/c1-2-16-14(17-11-15(21)6-3-7-15)18-8-9-19(12-4-5-12)13(20)10-18;/h12,21H,2-11H2,1H3,(H,16,17);1H. The fourth-order valence-electron chi connectivity index (χ4n) is 3.03. The molecule has 0 unspecified atom stereocenters. The van der Waals surface area contributed by atoms with Gasteiger partial charge in [0.1, 0.15) is 0 Å². The highest BCUT2D eigenvalue weighted by atomic mass is 127. The molecule has 22 heavy (non-hydrogen) atoms. The van der Waals surface area contributed by atoms with E-state index in [-0.39, 0.29) is 29.9 Å². The van der Waals surface area contributed by atoms with Gasteiger partial charge in [0, 0.05) is 25.7 Å². The van der Waals surface area contributed by atoms with E-state index in [0.717, 1.165) is 57.7 Å². The highest BCUT2D eigenvalue weighted by Crippen LogP contribution is 2.32. The molecule has 0 aromatic carbocycles. The van der Waals surface area contributed by atoms with Crippen molar-refractivity contribution < 1.29 is 9.90 Å². The van der Waals surface area contributed by atoms with Crippen LogP contribution in [0.1, 0.15) is 39.0 Å². The molecule has 0 atom stereocenters. The molecule has 1 saturated heterocycles. The number of guanidine groups is 1. The summed E-state index contributed by atoms with van der Waals surface area (Å²) in [5.74, 6) is 0.971. The van der Waals surface area contributed by atoms with Crippen LogP contribution < -0.4 is 5.32 Å². The maximum atomic E-state index is 12.2. The van der Waals surface area contributed by atoms with E-state index in [1.165, 1.54) is 0 Å². The lowest BCUT2D eigenvalue weighted by atomic mass is 9.80. The highest BCUT2D eigenvalue weighted by Gasteiger charge is 2.37. The SMILES string of the molecule is CCNC(=NCC1(O)CCC1)N1CCN(C2CC2)C(=O)C1.I. The van der Waals surface area contributed by atoms with E-state index in [4.69, 9.17) is 0 Å². The molecule has 0 bridgehead atoms. The Morgan fingerprint density at radius 2 is 2.14 bits per heavy atom. The number of nitrogens with zero attached hydrogens (tertiary/aromatic N) is 3. The van der Waals surface area contributed by atoms with E-state index in [9.17, 15) is 9.90 Å². The molecule has 2 aliphatic carbocycles. The van der Waals surface area contributed by atoms with Gasteiger partial charge in [-0.05, 0) is 39.0 Å². The molecule has 2 saturated carbocycles. The second-order valence-corrected chi connectivity index (χ2v) is 6.49. The zero-order chi connectivity index (χ0) is 14.9. The first kappa shape index (κ1) is 17.8. The fourth-order valence-corrected chi connectivity index (χ4v) is 3.03. The zero-order valence-corrected chi connectivity index (χ0v) is 15.6. The Hall–Kier alpha value is -0.570. The van der Waals surface area contributed by atoms with Crippen molar-refractivity contribution in [2.75, 3.05) is 32.7 Å². The molecular formula is C15H27IN4O2. The number of rotatable bonds is 4. The molecule has 0 spiro atoms. The monoisotopic (exact) mass is 422 g/mol. The molecule has 3 fully saturated rings. The summed E-state index contributed by atoms with van der Waals surface area (Å²) < 4.78 is 0. The van der Waals surface area contributed by atoms with E-state index >= 15 is 0 Å². The molecule has 1 heterocycles. The van der Waals surface area contributed by atoms with Crippen LogP contribution >= 0.6 is 24.0 Å². The molecule has 1 aliphatic heterocycles. The number of carbonyl (C=O) groups is 1. The molecule has 0 aromatic heterocycles. The van der Waals surface area contributed by atoms with E-state index < -0.39 is 5.60 Å². The molecule has 1 amide bonds. The third-order valence-electron chi connectivity index (χ3n) is 4.69. The van der Waals surface area contributed by atoms with Crippen LogP contribution in [-0.2, 0) is 4.79 Å². The fraction of sp³-hybridized carbons (Fsp3) is 0.867.